The van der Waals surface area contributed by atoms with Crippen molar-refractivity contribution in [2.24, 2.45) is 0 Å². The minimum absolute atomic E-state index is 0.0313. The first-order valence-corrected chi connectivity index (χ1v) is 22.3. The van der Waals surface area contributed by atoms with Crippen LogP contribution in [0.3, 0.4) is 0 Å². The fraction of sp³-hybridized carbons (Fsp3) is 0.0500. The Balaban J connectivity index is 0.978. The summed E-state index contributed by atoms with van der Waals surface area (Å²) in [6.07, 6.45) is 0. The van der Waals surface area contributed by atoms with Crippen LogP contribution in [0.1, 0.15) is 25.0 Å². The molecule has 0 atom stereocenters. The number of para-hydroxylation sites is 2. The zero-order valence-electron chi connectivity index (χ0n) is 35.9. The summed E-state index contributed by atoms with van der Waals surface area (Å²) in [5, 5.41) is 4.71. The van der Waals surface area contributed by atoms with Crippen molar-refractivity contribution in [1.29, 1.82) is 0 Å². The summed E-state index contributed by atoms with van der Waals surface area (Å²) in [7, 11) is 0. The molecule has 9 aromatic carbocycles. The van der Waals surface area contributed by atoms with E-state index in [-0.39, 0.29) is 5.41 Å². The van der Waals surface area contributed by atoms with E-state index < -0.39 is 0 Å². The molecule has 0 N–H and O–H groups in total. The standard InChI is InChI=1S/C60H41N5/c1-60(2)51-24-14-12-22-45(51)47-34-40(26-30-52(47)60)42-27-31-54-49(36-42)50-37-43(28-32-55(50)64(54)44-20-10-5-11-21-44)41-29-33-56-48(35-41)46-23-13-15-25-53(46)65(56)59-62-57(38-16-6-3-7-17-38)61-58(63-59)39-18-8-4-9-19-39/h3-37H,1-2H3. The average Bonchev–Trinajstić information content (AvgIpc) is 3.96. The number of hydrogen-bond donors (Lipinski definition) is 0. The number of fused-ring (bicyclic) bond motifs is 9. The van der Waals surface area contributed by atoms with E-state index in [1.54, 1.807) is 0 Å². The van der Waals surface area contributed by atoms with Gasteiger partial charge in [-0.05, 0) is 105 Å². The largest absolute Gasteiger partial charge is 0.309 e. The third-order valence-electron chi connectivity index (χ3n) is 13.6. The maximum atomic E-state index is 5.14. The van der Waals surface area contributed by atoms with Gasteiger partial charge in [-0.1, -0.05) is 166 Å². The van der Waals surface area contributed by atoms with Crippen LogP contribution in [0.4, 0.5) is 0 Å². The molecular formula is C60H41N5. The zero-order valence-corrected chi connectivity index (χ0v) is 35.9. The summed E-state index contributed by atoms with van der Waals surface area (Å²) in [5.74, 6) is 1.85. The van der Waals surface area contributed by atoms with Crippen LogP contribution >= 0.6 is 0 Å². The second-order valence-corrected chi connectivity index (χ2v) is 17.7. The Morgan fingerprint density at radius 2 is 0.769 bits per heavy atom. The molecule has 0 fully saturated rings. The first-order valence-electron chi connectivity index (χ1n) is 22.3. The van der Waals surface area contributed by atoms with Crippen LogP contribution in [0.25, 0.3) is 111 Å². The van der Waals surface area contributed by atoms with Gasteiger partial charge in [-0.25, -0.2) is 4.98 Å². The molecule has 1 aliphatic carbocycles. The van der Waals surface area contributed by atoms with Crippen molar-refractivity contribution in [2.75, 3.05) is 0 Å². The molecule has 3 heterocycles. The van der Waals surface area contributed by atoms with Crippen molar-refractivity contribution in [3.8, 4) is 67.8 Å². The fourth-order valence-corrected chi connectivity index (χ4v) is 10.4. The lowest BCUT2D eigenvalue weighted by Crippen LogP contribution is -2.14. The molecule has 306 valence electrons. The first-order chi connectivity index (χ1) is 32.0. The average molecular weight is 832 g/mol. The van der Waals surface area contributed by atoms with Gasteiger partial charge in [0.2, 0.25) is 5.95 Å². The molecule has 12 aromatic rings. The fourth-order valence-electron chi connectivity index (χ4n) is 10.4. The molecule has 3 aromatic heterocycles. The molecule has 13 rings (SSSR count). The minimum Gasteiger partial charge on any atom is -0.309 e. The highest BCUT2D eigenvalue weighted by molar-refractivity contribution is 6.13. The molecule has 0 saturated carbocycles. The Hall–Kier alpha value is -8.41. The van der Waals surface area contributed by atoms with Gasteiger partial charge < -0.3 is 4.57 Å². The van der Waals surface area contributed by atoms with E-state index in [2.05, 4.69) is 175 Å². The number of hydrogen-bond acceptors (Lipinski definition) is 3. The predicted octanol–water partition coefficient (Wildman–Crippen LogP) is 15.0. The van der Waals surface area contributed by atoms with Crippen molar-refractivity contribution in [3.63, 3.8) is 0 Å². The Morgan fingerprint density at radius 1 is 0.323 bits per heavy atom. The zero-order chi connectivity index (χ0) is 43.2. The maximum absolute atomic E-state index is 5.14. The van der Waals surface area contributed by atoms with E-state index in [1.165, 1.54) is 55.2 Å². The monoisotopic (exact) mass is 831 g/mol. The molecule has 0 amide bonds. The van der Waals surface area contributed by atoms with Crippen molar-refractivity contribution < 1.29 is 0 Å². The van der Waals surface area contributed by atoms with E-state index in [1.807, 2.05) is 60.7 Å². The summed E-state index contributed by atoms with van der Waals surface area (Å²) >= 11 is 0. The van der Waals surface area contributed by atoms with E-state index in [0.717, 1.165) is 49.7 Å². The summed E-state index contributed by atoms with van der Waals surface area (Å²) in [6, 6.07) is 76.2. The molecule has 5 heteroatoms. The highest BCUT2D eigenvalue weighted by Crippen LogP contribution is 2.50. The minimum atomic E-state index is -0.0313. The predicted molar refractivity (Wildman–Crippen MR) is 268 cm³/mol. The van der Waals surface area contributed by atoms with E-state index >= 15 is 0 Å². The van der Waals surface area contributed by atoms with Gasteiger partial charge in [-0.2, -0.15) is 9.97 Å². The number of rotatable bonds is 6. The number of aromatic nitrogens is 5. The smallest absolute Gasteiger partial charge is 0.238 e. The highest BCUT2D eigenvalue weighted by atomic mass is 15.2. The van der Waals surface area contributed by atoms with Crippen molar-refractivity contribution in [2.45, 2.75) is 19.3 Å². The molecule has 0 spiro atoms. The van der Waals surface area contributed by atoms with Crippen LogP contribution < -0.4 is 0 Å². The van der Waals surface area contributed by atoms with E-state index in [0.29, 0.717) is 17.6 Å². The summed E-state index contributed by atoms with van der Waals surface area (Å²) in [6.45, 7) is 4.68. The van der Waals surface area contributed by atoms with Crippen LogP contribution in [0.15, 0.2) is 212 Å². The van der Waals surface area contributed by atoms with Gasteiger partial charge >= 0.3 is 0 Å². The molecule has 1 aliphatic rings. The Kier molecular flexibility index (Phi) is 8.18. The Labute approximate surface area is 376 Å². The topological polar surface area (TPSA) is 48.5 Å². The van der Waals surface area contributed by atoms with Crippen LogP contribution in [0.2, 0.25) is 0 Å². The lowest BCUT2D eigenvalue weighted by Gasteiger charge is -2.21. The molecule has 0 radical (unpaired) electrons. The third kappa shape index (κ3) is 5.82. The Morgan fingerprint density at radius 3 is 1.38 bits per heavy atom. The number of benzene rings is 9. The van der Waals surface area contributed by atoms with Gasteiger partial charge in [0.05, 0.1) is 22.1 Å². The SMILES string of the molecule is CC1(C)c2ccccc2-c2cc(-c3ccc4c(c3)c3cc(-c5ccc6c(c5)c5ccccc5n6-c5nc(-c6ccccc6)nc(-c6ccccc6)n5)ccc3n4-c3ccccc3)ccc21. The molecule has 0 unspecified atom stereocenters. The van der Waals surface area contributed by atoms with Crippen LogP contribution in [0.5, 0.6) is 0 Å². The number of nitrogens with zero attached hydrogens (tertiary/aromatic N) is 5. The molecule has 5 nitrogen and oxygen atoms in total. The molecule has 0 aliphatic heterocycles. The molecular weight excluding hydrogens is 791 g/mol. The molecule has 65 heavy (non-hydrogen) atoms. The quantitative estimate of drug-likeness (QED) is 0.168. The third-order valence-corrected chi connectivity index (χ3v) is 13.6. The van der Waals surface area contributed by atoms with E-state index in [9.17, 15) is 0 Å². The second-order valence-electron chi connectivity index (χ2n) is 17.7. The maximum Gasteiger partial charge on any atom is 0.238 e. The normalized spacial score (nSPS) is 12.9. The summed E-state index contributed by atoms with van der Waals surface area (Å²) < 4.78 is 4.59. The van der Waals surface area contributed by atoms with Crippen molar-refractivity contribution in [3.05, 3.63) is 223 Å². The van der Waals surface area contributed by atoms with Gasteiger partial charge in [0.15, 0.2) is 11.6 Å². The molecule has 0 bridgehead atoms. The van der Waals surface area contributed by atoms with Crippen LogP contribution in [0, 0.1) is 0 Å². The van der Waals surface area contributed by atoms with Crippen LogP contribution in [-0.4, -0.2) is 24.1 Å². The highest BCUT2D eigenvalue weighted by Gasteiger charge is 2.35. The van der Waals surface area contributed by atoms with Crippen molar-refractivity contribution in [1.82, 2.24) is 24.1 Å². The summed E-state index contributed by atoms with van der Waals surface area (Å²) in [4.78, 5) is 15.3. The van der Waals surface area contributed by atoms with Crippen LogP contribution in [-0.2, 0) is 5.41 Å². The van der Waals surface area contributed by atoms with Gasteiger partial charge in [0.1, 0.15) is 0 Å². The van der Waals surface area contributed by atoms with E-state index in [4.69, 9.17) is 15.0 Å². The lowest BCUT2D eigenvalue weighted by atomic mass is 9.82. The summed E-state index contributed by atoms with van der Waals surface area (Å²) in [5.41, 5.74) is 17.6. The van der Waals surface area contributed by atoms with Gasteiger partial charge in [0.25, 0.3) is 0 Å². The van der Waals surface area contributed by atoms with Gasteiger partial charge in [-0.3, -0.25) is 4.57 Å². The first kappa shape index (κ1) is 37.2. The molecule has 0 saturated heterocycles. The Bertz CT molecular complexity index is 3790. The lowest BCUT2D eigenvalue weighted by molar-refractivity contribution is 0.660. The van der Waals surface area contributed by atoms with Crippen molar-refractivity contribution >= 4 is 43.6 Å². The van der Waals surface area contributed by atoms with Gasteiger partial charge in [-0.15, -0.1) is 0 Å². The second kappa shape index (κ2) is 14.3. The van der Waals surface area contributed by atoms with Gasteiger partial charge in [0, 0.05) is 43.8 Å².